The monoisotopic (exact) mass is 377 g/mol. The Bertz CT molecular complexity index is 492. The number of hydrogen-bond donors (Lipinski definition) is 1. The highest BCUT2D eigenvalue weighted by Gasteiger charge is 2.29. The molecular formula is C9H10BrCl2NO2S2. The number of thiophene rings is 1. The summed E-state index contributed by atoms with van der Waals surface area (Å²) in [6.45, 7) is 0.443. The van der Waals surface area contributed by atoms with Gasteiger partial charge in [0.25, 0.3) is 0 Å². The van der Waals surface area contributed by atoms with Crippen LogP contribution < -0.4 is 4.72 Å². The van der Waals surface area contributed by atoms with Crippen molar-refractivity contribution in [1.82, 2.24) is 4.72 Å². The lowest BCUT2D eigenvalue weighted by Crippen LogP contribution is -2.36. The highest BCUT2D eigenvalue weighted by molar-refractivity contribution is 9.11. The van der Waals surface area contributed by atoms with Crippen LogP contribution in [0.3, 0.4) is 0 Å². The van der Waals surface area contributed by atoms with Gasteiger partial charge in [-0.2, -0.15) is 0 Å². The molecule has 0 atom stereocenters. The van der Waals surface area contributed by atoms with E-state index in [-0.39, 0.29) is 9.59 Å². The van der Waals surface area contributed by atoms with Gasteiger partial charge >= 0.3 is 0 Å². The van der Waals surface area contributed by atoms with Gasteiger partial charge in [0.15, 0.2) is 0 Å². The van der Waals surface area contributed by atoms with Crippen molar-refractivity contribution in [2.75, 3.05) is 6.54 Å². The zero-order chi connectivity index (χ0) is 12.6. The Morgan fingerprint density at radius 1 is 1.53 bits per heavy atom. The molecule has 0 unspecified atom stereocenters. The molecule has 1 aliphatic rings. The molecule has 1 saturated carbocycles. The lowest BCUT2D eigenvalue weighted by atomic mass is 9.85. The van der Waals surface area contributed by atoms with E-state index in [9.17, 15) is 8.42 Å². The smallest absolute Gasteiger partial charge is 0.210 e. The van der Waals surface area contributed by atoms with Crippen LogP contribution in [0.5, 0.6) is 0 Å². The second kappa shape index (κ2) is 5.35. The number of alkyl halides is 1. The van der Waals surface area contributed by atoms with Gasteiger partial charge in [0.05, 0.1) is 8.81 Å². The van der Waals surface area contributed by atoms with Crippen LogP contribution in [0.25, 0.3) is 0 Å². The first-order valence-corrected chi connectivity index (χ1v) is 8.88. The minimum absolute atomic E-state index is 0.204. The van der Waals surface area contributed by atoms with Gasteiger partial charge in [0.2, 0.25) is 10.0 Å². The van der Waals surface area contributed by atoms with Gasteiger partial charge < -0.3 is 0 Å². The van der Waals surface area contributed by atoms with Crippen LogP contribution in [0.15, 0.2) is 14.1 Å². The summed E-state index contributed by atoms with van der Waals surface area (Å²) in [5.41, 5.74) is 0. The lowest BCUT2D eigenvalue weighted by Gasteiger charge is -2.30. The van der Waals surface area contributed by atoms with Gasteiger partial charge in [-0.15, -0.1) is 22.9 Å². The molecular weight excluding hydrogens is 369 g/mol. The minimum Gasteiger partial charge on any atom is -0.210 e. The molecule has 8 heteroatoms. The normalized spacial score (nSPS) is 24.6. The van der Waals surface area contributed by atoms with E-state index in [1.54, 1.807) is 0 Å². The predicted molar refractivity (Wildman–Crippen MR) is 74.6 cm³/mol. The van der Waals surface area contributed by atoms with Crippen molar-refractivity contribution >= 4 is 60.5 Å². The number of halogens is 3. The molecule has 1 aromatic rings. The molecule has 17 heavy (non-hydrogen) atoms. The lowest BCUT2D eigenvalue weighted by molar-refractivity contribution is 0.324. The zero-order valence-electron chi connectivity index (χ0n) is 8.62. The van der Waals surface area contributed by atoms with Crippen LogP contribution in [0.1, 0.15) is 12.8 Å². The third-order valence-corrected chi connectivity index (χ3v) is 7.36. The van der Waals surface area contributed by atoms with Gasteiger partial charge in [-0.3, -0.25) is 0 Å². The molecule has 1 N–H and O–H groups in total. The zero-order valence-corrected chi connectivity index (χ0v) is 13.4. The standard InChI is InChI=1S/C9H10BrCl2NO2S2/c10-9-7(12)3-8(16-9)17(14,15)13-4-5-1-6(11)2-5/h3,5-6,13H,1-2,4H2. The van der Waals surface area contributed by atoms with E-state index in [1.165, 1.54) is 6.07 Å². The summed E-state index contributed by atoms with van der Waals surface area (Å²) in [6, 6.07) is 1.45. The second-order valence-corrected chi connectivity index (χ2v) is 9.36. The molecule has 1 fully saturated rings. The third kappa shape index (κ3) is 3.36. The van der Waals surface area contributed by atoms with E-state index >= 15 is 0 Å². The van der Waals surface area contributed by atoms with E-state index in [4.69, 9.17) is 23.2 Å². The van der Waals surface area contributed by atoms with Crippen molar-refractivity contribution < 1.29 is 8.42 Å². The molecule has 96 valence electrons. The van der Waals surface area contributed by atoms with E-state index in [2.05, 4.69) is 20.7 Å². The fourth-order valence-corrected chi connectivity index (χ4v) is 5.64. The van der Waals surface area contributed by atoms with Gasteiger partial charge in [0.1, 0.15) is 4.21 Å². The van der Waals surface area contributed by atoms with Crippen molar-refractivity contribution in [2.45, 2.75) is 22.4 Å². The Hall–Kier alpha value is 0.670. The van der Waals surface area contributed by atoms with Crippen LogP contribution in [-0.2, 0) is 10.0 Å². The van der Waals surface area contributed by atoms with Crippen molar-refractivity contribution in [2.24, 2.45) is 5.92 Å². The summed E-state index contributed by atoms with van der Waals surface area (Å²) in [4.78, 5) is 0. The van der Waals surface area contributed by atoms with Crippen LogP contribution >= 0.6 is 50.5 Å². The van der Waals surface area contributed by atoms with Crippen LogP contribution in [-0.4, -0.2) is 20.3 Å². The predicted octanol–water partition coefficient (Wildman–Crippen LogP) is 3.46. The maximum atomic E-state index is 11.9. The average molecular weight is 379 g/mol. The Balaban J connectivity index is 1.99. The molecule has 1 aliphatic carbocycles. The molecule has 3 nitrogen and oxygen atoms in total. The Kier molecular flexibility index (Phi) is 4.43. The maximum absolute atomic E-state index is 11.9. The Labute approximate surface area is 123 Å². The van der Waals surface area contributed by atoms with E-state index in [0.717, 1.165) is 24.2 Å². The fourth-order valence-electron chi connectivity index (χ4n) is 1.58. The minimum atomic E-state index is -3.44. The average Bonchev–Trinajstić information content (AvgIpc) is 2.53. The topological polar surface area (TPSA) is 46.2 Å². The van der Waals surface area contributed by atoms with Crippen molar-refractivity contribution in [3.63, 3.8) is 0 Å². The van der Waals surface area contributed by atoms with Crippen molar-refractivity contribution in [1.29, 1.82) is 0 Å². The molecule has 0 spiro atoms. The van der Waals surface area contributed by atoms with E-state index < -0.39 is 10.0 Å². The summed E-state index contributed by atoms with van der Waals surface area (Å²) < 4.78 is 27.3. The van der Waals surface area contributed by atoms with E-state index in [1.807, 2.05) is 0 Å². The molecule has 0 radical (unpaired) electrons. The van der Waals surface area contributed by atoms with Crippen LogP contribution in [0.2, 0.25) is 5.02 Å². The van der Waals surface area contributed by atoms with Gasteiger partial charge in [-0.1, -0.05) is 11.6 Å². The summed E-state index contributed by atoms with van der Waals surface area (Å²) in [5, 5.41) is 0.620. The van der Waals surface area contributed by atoms with Crippen LogP contribution in [0, 0.1) is 5.92 Å². The van der Waals surface area contributed by atoms with Gasteiger partial charge in [0, 0.05) is 11.9 Å². The SMILES string of the molecule is O=S(=O)(NCC1CC(Cl)C1)c1cc(Cl)c(Br)s1. The quantitative estimate of drug-likeness (QED) is 0.815. The molecule has 0 bridgehead atoms. The summed E-state index contributed by atoms with van der Waals surface area (Å²) in [5.74, 6) is 0.353. The molecule has 1 aromatic heterocycles. The molecule has 0 aromatic carbocycles. The largest absolute Gasteiger partial charge is 0.250 e. The van der Waals surface area contributed by atoms with Crippen LogP contribution in [0.4, 0.5) is 0 Å². The van der Waals surface area contributed by atoms with Gasteiger partial charge in [-0.05, 0) is 40.8 Å². The fraction of sp³-hybridized carbons (Fsp3) is 0.556. The van der Waals surface area contributed by atoms with Gasteiger partial charge in [-0.25, -0.2) is 13.1 Å². The van der Waals surface area contributed by atoms with Crippen molar-refractivity contribution in [3.8, 4) is 0 Å². The first kappa shape index (κ1) is 14.1. The Morgan fingerprint density at radius 2 is 2.18 bits per heavy atom. The molecule has 0 aliphatic heterocycles. The summed E-state index contributed by atoms with van der Waals surface area (Å²) in [6.07, 6.45) is 1.75. The number of sulfonamides is 1. The first-order valence-electron chi connectivity index (χ1n) is 4.97. The highest BCUT2D eigenvalue weighted by Crippen LogP contribution is 2.35. The summed E-state index contributed by atoms with van der Waals surface area (Å²) >= 11 is 16.0. The number of hydrogen-bond acceptors (Lipinski definition) is 3. The summed E-state index contributed by atoms with van der Waals surface area (Å²) in [7, 11) is -3.44. The number of nitrogens with one attached hydrogen (secondary N) is 1. The molecule has 0 saturated heterocycles. The Morgan fingerprint density at radius 3 is 2.65 bits per heavy atom. The molecule has 2 rings (SSSR count). The highest BCUT2D eigenvalue weighted by atomic mass is 79.9. The maximum Gasteiger partial charge on any atom is 0.250 e. The second-order valence-electron chi connectivity index (χ2n) is 3.97. The first-order chi connectivity index (χ1) is 7.88. The molecule has 0 amide bonds. The molecule has 1 heterocycles. The van der Waals surface area contributed by atoms with Crippen molar-refractivity contribution in [3.05, 3.63) is 14.9 Å². The number of rotatable bonds is 4. The van der Waals surface area contributed by atoms with E-state index in [0.29, 0.717) is 21.3 Å². The third-order valence-electron chi connectivity index (χ3n) is 2.63.